The minimum atomic E-state index is -0.853. The first kappa shape index (κ1) is 20.6. The molecular formula is C18H25N3O6. The van der Waals surface area contributed by atoms with Crippen LogP contribution in [-0.2, 0) is 23.9 Å². The van der Waals surface area contributed by atoms with Crippen LogP contribution in [0, 0.1) is 0 Å². The van der Waals surface area contributed by atoms with Crippen LogP contribution in [0.1, 0.15) is 34.1 Å². The number of ether oxygens (including phenoxy) is 2. The van der Waals surface area contributed by atoms with Crippen molar-refractivity contribution in [3.63, 3.8) is 0 Å². The molecule has 9 nitrogen and oxygen atoms in total. The van der Waals surface area contributed by atoms with Gasteiger partial charge in [0.05, 0.1) is 12.1 Å². The van der Waals surface area contributed by atoms with E-state index in [9.17, 15) is 19.2 Å². The Kier molecular flexibility index (Phi) is 6.04. The highest BCUT2D eigenvalue weighted by Crippen LogP contribution is 2.29. The summed E-state index contributed by atoms with van der Waals surface area (Å²) in [4.78, 5) is 49.2. The monoisotopic (exact) mass is 379 g/mol. The van der Waals surface area contributed by atoms with Crippen molar-refractivity contribution in [2.75, 3.05) is 19.7 Å². The number of rotatable bonds is 5. The van der Waals surface area contributed by atoms with Crippen LogP contribution in [0.4, 0.5) is 4.79 Å². The van der Waals surface area contributed by atoms with Crippen molar-refractivity contribution in [3.05, 3.63) is 23.9 Å². The second kappa shape index (κ2) is 7.91. The van der Waals surface area contributed by atoms with Crippen LogP contribution in [0.25, 0.3) is 0 Å². The van der Waals surface area contributed by atoms with Gasteiger partial charge >= 0.3 is 12.1 Å². The van der Waals surface area contributed by atoms with E-state index in [1.807, 2.05) is 0 Å². The lowest BCUT2D eigenvalue weighted by Gasteiger charge is -2.37. The summed E-state index contributed by atoms with van der Waals surface area (Å²) in [6.45, 7) is 10.4. The number of hydrogen-bond donors (Lipinski definition) is 1. The van der Waals surface area contributed by atoms with Crippen LogP contribution in [0.5, 0.6) is 0 Å². The Balaban J connectivity index is 2.21. The summed E-state index contributed by atoms with van der Waals surface area (Å²) in [7, 11) is 0. The van der Waals surface area contributed by atoms with Gasteiger partial charge in [0.2, 0.25) is 0 Å². The number of fused-ring (bicyclic) bond motifs is 1. The number of ketones is 1. The second-order valence-electron chi connectivity index (χ2n) is 7.30. The Morgan fingerprint density at radius 3 is 2.56 bits per heavy atom. The van der Waals surface area contributed by atoms with Crippen LogP contribution in [-0.4, -0.2) is 65.1 Å². The number of allylic oxidation sites excluding steroid dienone is 1. The molecule has 2 aliphatic rings. The molecule has 1 N–H and O–H groups in total. The lowest BCUT2D eigenvalue weighted by Crippen LogP contribution is -2.58. The molecular weight excluding hydrogens is 354 g/mol. The van der Waals surface area contributed by atoms with Crippen molar-refractivity contribution in [2.24, 2.45) is 0 Å². The quantitative estimate of drug-likeness (QED) is 0.559. The first-order chi connectivity index (χ1) is 12.5. The van der Waals surface area contributed by atoms with Gasteiger partial charge in [-0.1, -0.05) is 12.7 Å². The van der Waals surface area contributed by atoms with Crippen molar-refractivity contribution in [1.82, 2.24) is 15.3 Å². The molecule has 2 heterocycles. The number of carbonyl (C=O) groups is 4. The van der Waals surface area contributed by atoms with E-state index in [0.717, 1.165) is 0 Å². The van der Waals surface area contributed by atoms with Gasteiger partial charge in [0.25, 0.3) is 5.91 Å². The molecule has 2 aliphatic heterocycles. The fourth-order valence-corrected chi connectivity index (χ4v) is 2.90. The molecule has 1 unspecified atom stereocenters. The van der Waals surface area contributed by atoms with E-state index < -0.39 is 35.4 Å². The maximum atomic E-state index is 12.9. The zero-order valence-corrected chi connectivity index (χ0v) is 16.0. The number of esters is 1. The minimum absolute atomic E-state index is 0.00425. The molecule has 0 spiro atoms. The number of nitrogens with one attached hydrogen (secondary N) is 1. The third kappa shape index (κ3) is 4.73. The zero-order valence-electron chi connectivity index (χ0n) is 16.0. The van der Waals surface area contributed by atoms with Gasteiger partial charge in [0.1, 0.15) is 23.9 Å². The van der Waals surface area contributed by atoms with Gasteiger partial charge in [-0.25, -0.2) is 19.6 Å². The Morgan fingerprint density at radius 1 is 1.33 bits per heavy atom. The van der Waals surface area contributed by atoms with Crippen LogP contribution in [0.3, 0.4) is 0 Å². The highest BCUT2D eigenvalue weighted by molar-refractivity contribution is 6.07. The van der Waals surface area contributed by atoms with Crippen molar-refractivity contribution in [2.45, 2.75) is 45.8 Å². The minimum Gasteiger partial charge on any atom is -0.458 e. The topological polar surface area (TPSA) is 105 Å². The van der Waals surface area contributed by atoms with Gasteiger partial charge in [-0.05, 0) is 27.2 Å². The Labute approximate surface area is 157 Å². The van der Waals surface area contributed by atoms with E-state index >= 15 is 0 Å². The molecule has 0 bridgehead atoms. The molecule has 0 aromatic heterocycles. The molecule has 2 rings (SSSR count). The SMILES string of the molecule is C=CCOC(=O)C1=C(C(C)=O)N2C(=O)C(NC(=O)OC(C)(C)C)CCN2C1. The summed E-state index contributed by atoms with van der Waals surface area (Å²) >= 11 is 0. The fraction of sp³-hybridized carbons (Fsp3) is 0.556. The molecule has 0 saturated carbocycles. The van der Waals surface area contributed by atoms with Crippen molar-refractivity contribution < 1.29 is 28.7 Å². The van der Waals surface area contributed by atoms with E-state index in [1.54, 1.807) is 25.8 Å². The predicted molar refractivity (Wildman–Crippen MR) is 95.1 cm³/mol. The summed E-state index contributed by atoms with van der Waals surface area (Å²) < 4.78 is 10.2. The van der Waals surface area contributed by atoms with Crippen molar-refractivity contribution in [1.29, 1.82) is 0 Å². The second-order valence-corrected chi connectivity index (χ2v) is 7.30. The summed E-state index contributed by atoms with van der Waals surface area (Å²) in [5, 5.41) is 5.29. The molecule has 0 radical (unpaired) electrons. The molecule has 1 saturated heterocycles. The number of amides is 2. The Bertz CT molecular complexity index is 706. The van der Waals surface area contributed by atoms with E-state index in [-0.39, 0.29) is 24.4 Å². The normalized spacial score (nSPS) is 20.2. The fourth-order valence-electron chi connectivity index (χ4n) is 2.90. The predicted octanol–water partition coefficient (Wildman–Crippen LogP) is 0.915. The third-order valence-electron chi connectivity index (χ3n) is 3.91. The molecule has 0 aromatic carbocycles. The maximum absolute atomic E-state index is 12.9. The number of hydrogen-bond acceptors (Lipinski definition) is 7. The molecule has 1 fully saturated rings. The number of alkyl carbamates (subject to hydrolysis) is 1. The molecule has 27 heavy (non-hydrogen) atoms. The first-order valence-corrected chi connectivity index (χ1v) is 8.65. The van der Waals surface area contributed by atoms with E-state index in [4.69, 9.17) is 9.47 Å². The smallest absolute Gasteiger partial charge is 0.408 e. The summed E-state index contributed by atoms with van der Waals surface area (Å²) in [6.07, 6.45) is 1.03. The van der Waals surface area contributed by atoms with Gasteiger partial charge in [-0.2, -0.15) is 0 Å². The molecule has 0 aliphatic carbocycles. The van der Waals surface area contributed by atoms with Crippen LogP contribution in [0.2, 0.25) is 0 Å². The third-order valence-corrected chi connectivity index (χ3v) is 3.91. The highest BCUT2D eigenvalue weighted by Gasteiger charge is 2.45. The van der Waals surface area contributed by atoms with E-state index in [1.165, 1.54) is 18.0 Å². The van der Waals surface area contributed by atoms with Crippen molar-refractivity contribution in [3.8, 4) is 0 Å². The zero-order chi connectivity index (χ0) is 20.4. The van der Waals surface area contributed by atoms with Crippen molar-refractivity contribution >= 4 is 23.8 Å². The van der Waals surface area contributed by atoms with Crippen LogP contribution < -0.4 is 5.32 Å². The summed E-state index contributed by atoms with van der Waals surface area (Å²) in [5.74, 6) is -1.60. The van der Waals surface area contributed by atoms with Crippen LogP contribution in [0.15, 0.2) is 23.9 Å². The number of carbonyl (C=O) groups excluding carboxylic acids is 4. The molecule has 2 amide bonds. The Hall–Kier alpha value is -2.68. The molecule has 148 valence electrons. The van der Waals surface area contributed by atoms with Gasteiger partial charge in [-0.3, -0.25) is 9.59 Å². The average Bonchev–Trinajstić information content (AvgIpc) is 2.94. The number of Topliss-reactive ketones (excluding diaryl/α,β-unsaturated/α-hetero) is 1. The van der Waals surface area contributed by atoms with E-state index in [2.05, 4.69) is 11.9 Å². The van der Waals surface area contributed by atoms with Gasteiger partial charge < -0.3 is 14.8 Å². The van der Waals surface area contributed by atoms with Crippen LogP contribution >= 0.6 is 0 Å². The van der Waals surface area contributed by atoms with Gasteiger partial charge in [-0.15, -0.1) is 0 Å². The number of nitrogens with zero attached hydrogens (tertiary/aromatic N) is 2. The molecule has 9 heteroatoms. The molecule has 0 aromatic rings. The van der Waals surface area contributed by atoms with E-state index in [0.29, 0.717) is 13.0 Å². The first-order valence-electron chi connectivity index (χ1n) is 8.65. The van der Waals surface area contributed by atoms with Gasteiger partial charge in [0, 0.05) is 13.5 Å². The lowest BCUT2D eigenvalue weighted by molar-refractivity contribution is -0.151. The van der Waals surface area contributed by atoms with Gasteiger partial charge in [0.15, 0.2) is 5.78 Å². The average molecular weight is 379 g/mol. The number of hydrazine groups is 1. The largest absolute Gasteiger partial charge is 0.458 e. The molecule has 1 atom stereocenters. The Morgan fingerprint density at radius 2 is 2.00 bits per heavy atom. The highest BCUT2D eigenvalue weighted by atomic mass is 16.6. The lowest BCUT2D eigenvalue weighted by atomic mass is 10.1. The summed E-state index contributed by atoms with van der Waals surface area (Å²) in [5.41, 5.74) is -0.603. The standard InChI is InChI=1S/C18H25N3O6/c1-6-9-26-16(24)12-10-20-8-7-13(19-17(25)27-18(3,4)5)15(23)21(20)14(12)11(2)22/h6,13H,1,7-10H2,2-5H3,(H,19,25). The maximum Gasteiger partial charge on any atom is 0.408 e. The summed E-state index contributed by atoms with van der Waals surface area (Å²) in [6, 6.07) is -0.853.